The summed E-state index contributed by atoms with van der Waals surface area (Å²) < 4.78 is 24.8. The van der Waals surface area contributed by atoms with Gasteiger partial charge in [0.25, 0.3) is 0 Å². The average molecular weight is 378 g/mol. The molecule has 2 rings (SSSR count). The highest BCUT2D eigenvalue weighted by Crippen LogP contribution is 2.34. The molecule has 3 nitrogen and oxygen atoms in total. The Hall–Kier alpha value is -0.0400. The molecule has 1 aromatic rings. The second-order valence-electron chi connectivity index (χ2n) is 5.30. The molecule has 20 heavy (non-hydrogen) atoms. The van der Waals surface area contributed by atoms with Crippen LogP contribution in [0.5, 0.6) is 0 Å². The van der Waals surface area contributed by atoms with Gasteiger partial charge in [0.05, 0.1) is 4.90 Å². The summed E-state index contributed by atoms with van der Waals surface area (Å²) >= 11 is 4.98. The lowest BCUT2D eigenvalue weighted by atomic mass is 9.92. The molecule has 0 bridgehead atoms. The van der Waals surface area contributed by atoms with Crippen molar-refractivity contribution < 1.29 is 8.42 Å². The van der Waals surface area contributed by atoms with Crippen molar-refractivity contribution in [1.29, 1.82) is 0 Å². The fourth-order valence-corrected chi connectivity index (χ4v) is 5.80. The molecule has 1 atom stereocenters. The largest absolute Gasteiger partial charge is 0.316 e. The van der Waals surface area contributed by atoms with Crippen LogP contribution in [-0.2, 0) is 16.3 Å². The zero-order chi connectivity index (χ0) is 14.8. The molecule has 0 spiro atoms. The third-order valence-corrected chi connectivity index (χ3v) is 6.58. The highest BCUT2D eigenvalue weighted by atomic mass is 79.9. The molecule has 1 aromatic carbocycles. The van der Waals surface area contributed by atoms with Crippen molar-refractivity contribution in [3.63, 3.8) is 0 Å². The molecular formula is C14H20BrNO2S2. The quantitative estimate of drug-likeness (QED) is 0.818. The Morgan fingerprint density at radius 2 is 2.20 bits per heavy atom. The van der Waals surface area contributed by atoms with Gasteiger partial charge >= 0.3 is 0 Å². The zero-order valence-electron chi connectivity index (χ0n) is 11.8. The van der Waals surface area contributed by atoms with Crippen LogP contribution in [0.2, 0.25) is 0 Å². The van der Waals surface area contributed by atoms with Crippen molar-refractivity contribution in [2.24, 2.45) is 5.92 Å². The minimum atomic E-state index is -3.20. The molecule has 1 N–H and O–H groups in total. The maximum Gasteiger partial charge on any atom is 0.176 e. The van der Waals surface area contributed by atoms with E-state index in [0.717, 1.165) is 34.4 Å². The molecule has 0 aromatic heterocycles. The number of halogens is 1. The first-order valence-electron chi connectivity index (χ1n) is 6.69. The molecule has 1 aliphatic rings. The second-order valence-corrected chi connectivity index (χ2v) is 8.95. The summed E-state index contributed by atoms with van der Waals surface area (Å²) in [7, 11) is -3.20. The molecule has 1 heterocycles. The van der Waals surface area contributed by atoms with Crippen LogP contribution in [0.3, 0.4) is 0 Å². The van der Waals surface area contributed by atoms with Crippen LogP contribution in [-0.4, -0.2) is 34.0 Å². The van der Waals surface area contributed by atoms with E-state index in [-0.39, 0.29) is 0 Å². The van der Waals surface area contributed by atoms with E-state index in [1.165, 1.54) is 30.9 Å². The molecule has 1 unspecified atom stereocenters. The van der Waals surface area contributed by atoms with Gasteiger partial charge in [0, 0.05) is 15.6 Å². The highest BCUT2D eigenvalue weighted by Gasteiger charge is 2.19. The predicted octanol–water partition coefficient (Wildman–Crippen LogP) is 3.12. The van der Waals surface area contributed by atoms with Crippen LogP contribution in [0.1, 0.15) is 18.4 Å². The van der Waals surface area contributed by atoms with Gasteiger partial charge < -0.3 is 5.32 Å². The van der Waals surface area contributed by atoms with Gasteiger partial charge in [0.2, 0.25) is 0 Å². The van der Waals surface area contributed by atoms with Crippen LogP contribution in [0, 0.1) is 5.92 Å². The number of piperidine rings is 1. The van der Waals surface area contributed by atoms with Crippen LogP contribution in [0.15, 0.2) is 26.4 Å². The Kier molecular flexibility index (Phi) is 5.56. The Bertz CT molecular complexity index is 581. The number of hydrogen-bond acceptors (Lipinski definition) is 4. The summed E-state index contributed by atoms with van der Waals surface area (Å²) in [4.78, 5) is 1.25. The van der Waals surface area contributed by atoms with Crippen LogP contribution in [0.25, 0.3) is 0 Å². The average Bonchev–Trinajstić information content (AvgIpc) is 2.38. The molecule has 0 aliphatic carbocycles. The third kappa shape index (κ3) is 4.00. The smallest absolute Gasteiger partial charge is 0.176 e. The van der Waals surface area contributed by atoms with E-state index in [4.69, 9.17) is 0 Å². The van der Waals surface area contributed by atoms with Gasteiger partial charge in [0.15, 0.2) is 9.84 Å². The maximum absolute atomic E-state index is 12.0. The van der Waals surface area contributed by atoms with Crippen molar-refractivity contribution in [3.05, 3.63) is 22.2 Å². The zero-order valence-corrected chi connectivity index (χ0v) is 15.0. The van der Waals surface area contributed by atoms with Crippen molar-refractivity contribution in [3.8, 4) is 0 Å². The van der Waals surface area contributed by atoms with Crippen molar-refractivity contribution in [2.75, 3.05) is 25.6 Å². The minimum absolute atomic E-state index is 0.443. The molecular weight excluding hydrogens is 358 g/mol. The first kappa shape index (κ1) is 16.3. The molecule has 6 heteroatoms. The Morgan fingerprint density at radius 3 is 2.75 bits per heavy atom. The van der Waals surface area contributed by atoms with Crippen LogP contribution >= 0.6 is 27.7 Å². The van der Waals surface area contributed by atoms with E-state index in [9.17, 15) is 8.42 Å². The lowest BCUT2D eigenvalue weighted by Gasteiger charge is -2.23. The highest BCUT2D eigenvalue weighted by molar-refractivity contribution is 9.10. The van der Waals surface area contributed by atoms with Gasteiger partial charge in [-0.1, -0.05) is 0 Å². The summed E-state index contributed by atoms with van der Waals surface area (Å²) in [6.45, 7) is 2.12. The number of sulfone groups is 1. The summed E-state index contributed by atoms with van der Waals surface area (Å²) in [5.74, 6) is 0.600. The summed E-state index contributed by atoms with van der Waals surface area (Å²) in [5, 5.41) is 3.40. The molecule has 0 radical (unpaired) electrons. The monoisotopic (exact) mass is 377 g/mol. The number of rotatable bonds is 4. The fraction of sp³-hybridized carbons (Fsp3) is 0.571. The molecule has 0 amide bonds. The second kappa shape index (κ2) is 6.81. The molecule has 0 saturated carbocycles. The molecule has 1 aliphatic heterocycles. The van der Waals surface area contributed by atoms with Gasteiger partial charge in [-0.25, -0.2) is 8.42 Å². The van der Waals surface area contributed by atoms with Crippen molar-refractivity contribution in [1.82, 2.24) is 5.32 Å². The Morgan fingerprint density at radius 1 is 1.45 bits per heavy atom. The molecule has 112 valence electrons. The van der Waals surface area contributed by atoms with Crippen molar-refractivity contribution in [2.45, 2.75) is 29.1 Å². The predicted molar refractivity (Wildman–Crippen MR) is 88.3 cm³/mol. The standard InChI is InChI=1S/C14H20BrNO2S2/c1-19-14-12(15)7-11(8-13(14)20(2,17)18)6-10-4-3-5-16-9-10/h7-8,10,16H,3-6,9H2,1-2H3. The molecule has 1 saturated heterocycles. The summed E-state index contributed by atoms with van der Waals surface area (Å²) in [5.41, 5.74) is 1.10. The minimum Gasteiger partial charge on any atom is -0.316 e. The lowest BCUT2D eigenvalue weighted by molar-refractivity contribution is 0.376. The van der Waals surface area contributed by atoms with Gasteiger partial charge in [-0.15, -0.1) is 11.8 Å². The Balaban J connectivity index is 2.33. The van der Waals surface area contributed by atoms with Crippen LogP contribution in [0.4, 0.5) is 0 Å². The SMILES string of the molecule is CSc1c(Br)cc(CC2CCCNC2)cc1S(C)(=O)=O. The van der Waals surface area contributed by atoms with E-state index in [2.05, 4.69) is 27.3 Å². The van der Waals surface area contributed by atoms with E-state index in [1.54, 1.807) is 0 Å². The molecule has 1 fully saturated rings. The maximum atomic E-state index is 12.0. The lowest BCUT2D eigenvalue weighted by Crippen LogP contribution is -2.30. The van der Waals surface area contributed by atoms with E-state index >= 15 is 0 Å². The first-order valence-corrected chi connectivity index (χ1v) is 10.6. The number of benzene rings is 1. The van der Waals surface area contributed by atoms with E-state index in [1.807, 2.05) is 12.3 Å². The van der Waals surface area contributed by atoms with E-state index in [0.29, 0.717) is 10.8 Å². The van der Waals surface area contributed by atoms with Crippen LogP contribution < -0.4 is 5.32 Å². The fourth-order valence-electron chi connectivity index (χ4n) is 2.64. The topological polar surface area (TPSA) is 46.2 Å². The first-order chi connectivity index (χ1) is 9.41. The van der Waals surface area contributed by atoms with Gasteiger partial charge in [-0.2, -0.15) is 0 Å². The summed E-state index contributed by atoms with van der Waals surface area (Å²) in [6.07, 6.45) is 6.53. The number of hydrogen-bond donors (Lipinski definition) is 1. The van der Waals surface area contributed by atoms with Crippen molar-refractivity contribution >= 4 is 37.5 Å². The third-order valence-electron chi connectivity index (χ3n) is 3.60. The van der Waals surface area contributed by atoms with E-state index < -0.39 is 9.84 Å². The number of thioether (sulfide) groups is 1. The normalized spacial score (nSPS) is 20.1. The summed E-state index contributed by atoms with van der Waals surface area (Å²) in [6, 6.07) is 3.91. The van der Waals surface area contributed by atoms with Gasteiger partial charge in [-0.3, -0.25) is 0 Å². The van der Waals surface area contributed by atoms with Gasteiger partial charge in [-0.05, 0) is 78.2 Å². The van der Waals surface area contributed by atoms with Gasteiger partial charge in [0.1, 0.15) is 0 Å². The number of nitrogens with one attached hydrogen (secondary N) is 1. The Labute approximate surface area is 134 Å².